The molecule has 0 spiro atoms. The van der Waals surface area contributed by atoms with Crippen LogP contribution >= 0.6 is 0 Å². The van der Waals surface area contributed by atoms with Crippen molar-refractivity contribution >= 4 is 17.8 Å². The van der Waals surface area contributed by atoms with Crippen molar-refractivity contribution in [3.05, 3.63) is 35.4 Å². The summed E-state index contributed by atoms with van der Waals surface area (Å²) in [6.07, 6.45) is 0. The number of urea groups is 1. The van der Waals surface area contributed by atoms with E-state index in [1.807, 2.05) is 13.8 Å². The Labute approximate surface area is 144 Å². The molecule has 0 aliphatic carbocycles. The average Bonchev–Trinajstić information content (AvgIpc) is 2.73. The van der Waals surface area contributed by atoms with Crippen molar-refractivity contribution in [2.45, 2.75) is 39.3 Å². The van der Waals surface area contributed by atoms with Crippen LogP contribution < -0.4 is 10.6 Å². The van der Waals surface area contributed by atoms with Crippen molar-refractivity contribution < 1.29 is 23.2 Å². The summed E-state index contributed by atoms with van der Waals surface area (Å²) in [6, 6.07) is 1.69. The summed E-state index contributed by atoms with van der Waals surface area (Å²) in [5.74, 6) is -2.69. The molecule has 25 heavy (non-hydrogen) atoms. The number of carbonyl (C=O) groups is 3. The predicted molar refractivity (Wildman–Crippen MR) is 86.4 cm³/mol. The summed E-state index contributed by atoms with van der Waals surface area (Å²) in [7, 11) is 0. The van der Waals surface area contributed by atoms with Crippen LogP contribution in [0.1, 0.15) is 33.3 Å². The van der Waals surface area contributed by atoms with Crippen LogP contribution in [0, 0.1) is 17.6 Å². The van der Waals surface area contributed by atoms with Crippen molar-refractivity contribution in [1.82, 2.24) is 15.5 Å². The highest BCUT2D eigenvalue weighted by atomic mass is 19.1. The number of carbonyl (C=O) groups excluding carboxylic acids is 3. The normalized spacial score (nSPS) is 21.5. The van der Waals surface area contributed by atoms with Gasteiger partial charge in [-0.25, -0.2) is 13.6 Å². The van der Waals surface area contributed by atoms with E-state index in [0.29, 0.717) is 4.90 Å². The fourth-order valence-corrected chi connectivity index (χ4v) is 2.51. The van der Waals surface area contributed by atoms with E-state index in [2.05, 4.69) is 10.6 Å². The number of benzene rings is 1. The second-order valence-electron chi connectivity index (χ2n) is 6.67. The van der Waals surface area contributed by atoms with Crippen molar-refractivity contribution in [2.24, 2.45) is 5.92 Å². The molecule has 0 radical (unpaired) electrons. The average molecular weight is 353 g/mol. The maximum absolute atomic E-state index is 14.0. The van der Waals surface area contributed by atoms with E-state index in [4.69, 9.17) is 0 Å². The van der Waals surface area contributed by atoms with Gasteiger partial charge in [-0.1, -0.05) is 13.8 Å². The van der Waals surface area contributed by atoms with E-state index in [1.165, 1.54) is 6.92 Å². The van der Waals surface area contributed by atoms with Gasteiger partial charge in [0.1, 0.15) is 23.7 Å². The van der Waals surface area contributed by atoms with Crippen LogP contribution in [-0.2, 0) is 15.1 Å². The van der Waals surface area contributed by atoms with Crippen LogP contribution in [0.3, 0.4) is 0 Å². The molecule has 0 saturated carbocycles. The number of imide groups is 1. The van der Waals surface area contributed by atoms with Crippen LogP contribution in [0.15, 0.2) is 18.2 Å². The van der Waals surface area contributed by atoms with Gasteiger partial charge in [0.2, 0.25) is 5.91 Å². The van der Waals surface area contributed by atoms with E-state index < -0.39 is 41.6 Å². The minimum atomic E-state index is -1.77. The Morgan fingerprint density at radius 1 is 1.28 bits per heavy atom. The first-order valence-corrected chi connectivity index (χ1v) is 7.95. The largest absolute Gasteiger partial charge is 0.352 e. The first-order chi connectivity index (χ1) is 11.6. The summed E-state index contributed by atoms with van der Waals surface area (Å²) in [4.78, 5) is 37.5. The molecule has 1 aliphatic heterocycles. The summed E-state index contributed by atoms with van der Waals surface area (Å²) in [5.41, 5.74) is -2.06. The number of halogens is 2. The van der Waals surface area contributed by atoms with Gasteiger partial charge in [-0.15, -0.1) is 0 Å². The Kier molecular flexibility index (Phi) is 5.10. The quantitative estimate of drug-likeness (QED) is 0.794. The molecule has 8 heteroatoms. The summed E-state index contributed by atoms with van der Waals surface area (Å²) >= 11 is 0. The minimum absolute atomic E-state index is 0.139. The van der Waals surface area contributed by atoms with Gasteiger partial charge in [-0.3, -0.25) is 14.5 Å². The predicted octanol–water partition coefficient (Wildman–Crippen LogP) is 1.89. The zero-order valence-corrected chi connectivity index (χ0v) is 14.5. The van der Waals surface area contributed by atoms with Gasteiger partial charge in [-0.2, -0.15) is 0 Å². The van der Waals surface area contributed by atoms with Gasteiger partial charge in [0.05, 0.1) is 0 Å². The van der Waals surface area contributed by atoms with Gasteiger partial charge in [0.15, 0.2) is 0 Å². The molecular formula is C17H21F2N3O3. The molecule has 2 N–H and O–H groups in total. The van der Waals surface area contributed by atoms with Gasteiger partial charge >= 0.3 is 6.03 Å². The molecule has 1 fully saturated rings. The van der Waals surface area contributed by atoms with E-state index in [1.54, 1.807) is 6.92 Å². The van der Waals surface area contributed by atoms with Crippen molar-refractivity contribution in [2.75, 3.05) is 6.54 Å². The lowest BCUT2D eigenvalue weighted by Crippen LogP contribution is -2.46. The number of hydrogen-bond donors (Lipinski definition) is 2. The highest BCUT2D eigenvalue weighted by Gasteiger charge is 2.50. The number of hydrogen-bond acceptors (Lipinski definition) is 3. The van der Waals surface area contributed by atoms with E-state index >= 15 is 0 Å². The Morgan fingerprint density at radius 2 is 1.92 bits per heavy atom. The Morgan fingerprint density at radius 3 is 2.52 bits per heavy atom. The zero-order chi connectivity index (χ0) is 18.9. The van der Waals surface area contributed by atoms with Gasteiger partial charge < -0.3 is 10.6 Å². The lowest BCUT2D eigenvalue weighted by atomic mass is 9.91. The fourth-order valence-electron chi connectivity index (χ4n) is 2.51. The smallest absolute Gasteiger partial charge is 0.325 e. The van der Waals surface area contributed by atoms with Crippen LogP contribution in [0.25, 0.3) is 0 Å². The molecule has 0 aromatic heterocycles. The van der Waals surface area contributed by atoms with Crippen LogP contribution in [0.4, 0.5) is 13.6 Å². The molecule has 0 bridgehead atoms. The minimum Gasteiger partial charge on any atom is -0.352 e. The molecule has 1 heterocycles. The molecule has 136 valence electrons. The molecule has 2 atom stereocenters. The summed E-state index contributed by atoms with van der Waals surface area (Å²) in [5, 5.41) is 5.03. The molecular weight excluding hydrogens is 332 g/mol. The van der Waals surface area contributed by atoms with Crippen molar-refractivity contribution in [3.8, 4) is 0 Å². The zero-order valence-electron chi connectivity index (χ0n) is 14.5. The van der Waals surface area contributed by atoms with Crippen LogP contribution in [-0.4, -0.2) is 35.3 Å². The summed E-state index contributed by atoms with van der Waals surface area (Å²) < 4.78 is 27.5. The third-order valence-corrected chi connectivity index (χ3v) is 4.43. The Hall–Kier alpha value is -2.51. The van der Waals surface area contributed by atoms with E-state index in [-0.39, 0.29) is 17.5 Å². The Balaban J connectivity index is 2.22. The lowest BCUT2D eigenvalue weighted by molar-refractivity contribution is -0.135. The molecule has 4 amide bonds. The van der Waals surface area contributed by atoms with Crippen molar-refractivity contribution in [1.29, 1.82) is 0 Å². The topological polar surface area (TPSA) is 78.5 Å². The fraction of sp³-hybridized carbons (Fsp3) is 0.471. The molecule has 2 rings (SSSR count). The highest BCUT2D eigenvalue weighted by molar-refractivity contribution is 6.09. The van der Waals surface area contributed by atoms with Crippen molar-refractivity contribution in [3.63, 3.8) is 0 Å². The summed E-state index contributed by atoms with van der Waals surface area (Å²) in [6.45, 7) is 6.43. The van der Waals surface area contributed by atoms with Crippen LogP contribution in [0.2, 0.25) is 0 Å². The number of amides is 4. The number of rotatable bonds is 5. The third-order valence-electron chi connectivity index (χ3n) is 4.43. The second kappa shape index (κ2) is 6.78. The first kappa shape index (κ1) is 18.8. The van der Waals surface area contributed by atoms with Crippen LogP contribution in [0.5, 0.6) is 0 Å². The second-order valence-corrected chi connectivity index (χ2v) is 6.67. The standard InChI is InChI=1S/C17H21F2N3O3/c1-9(2)10(3)20-14(23)8-22-15(24)17(4,21-16(22)25)12-7-11(18)5-6-13(12)19/h5-7,9-10H,8H2,1-4H3,(H,20,23)(H,21,25)/t10-,17-/m1/s1. The Bertz CT molecular complexity index is 723. The maximum Gasteiger partial charge on any atom is 0.325 e. The van der Waals surface area contributed by atoms with Gasteiger partial charge in [-0.05, 0) is 38.0 Å². The monoisotopic (exact) mass is 353 g/mol. The molecule has 1 aromatic carbocycles. The van der Waals surface area contributed by atoms with E-state index in [0.717, 1.165) is 18.2 Å². The number of nitrogens with one attached hydrogen (secondary N) is 2. The maximum atomic E-state index is 14.0. The highest BCUT2D eigenvalue weighted by Crippen LogP contribution is 2.31. The third kappa shape index (κ3) is 3.62. The molecule has 6 nitrogen and oxygen atoms in total. The van der Waals surface area contributed by atoms with Gasteiger partial charge in [0, 0.05) is 11.6 Å². The van der Waals surface area contributed by atoms with E-state index in [9.17, 15) is 23.2 Å². The lowest BCUT2D eigenvalue weighted by Gasteiger charge is -2.23. The van der Waals surface area contributed by atoms with Gasteiger partial charge in [0.25, 0.3) is 5.91 Å². The number of nitrogens with zero attached hydrogens (tertiary/aromatic N) is 1. The first-order valence-electron chi connectivity index (χ1n) is 7.95. The molecule has 0 unspecified atom stereocenters. The molecule has 1 aliphatic rings. The SMILES string of the molecule is CC(C)[C@@H](C)NC(=O)CN1C(=O)N[C@](C)(c2cc(F)ccc2F)C1=O. The molecule has 1 aromatic rings. The molecule has 1 saturated heterocycles.